The average Bonchev–Trinajstić information content (AvgIpc) is 3.01. The van der Waals surface area contributed by atoms with E-state index in [4.69, 9.17) is 9.47 Å². The zero-order valence-corrected chi connectivity index (χ0v) is 14.2. The number of likely N-dealkylation sites (tertiary alicyclic amines) is 1. The molecular weight excluding hydrogens is 318 g/mol. The van der Waals surface area contributed by atoms with Crippen LogP contribution in [-0.4, -0.2) is 52.2 Å². The van der Waals surface area contributed by atoms with Gasteiger partial charge in [-0.05, 0) is 44.0 Å². The number of rotatable bonds is 3. The van der Waals surface area contributed by atoms with Gasteiger partial charge in [-0.25, -0.2) is 4.98 Å². The fourth-order valence-electron chi connectivity index (χ4n) is 3.65. The molecule has 0 spiro atoms. The molecule has 2 saturated heterocycles. The van der Waals surface area contributed by atoms with Gasteiger partial charge in [0.25, 0.3) is 5.91 Å². The fraction of sp³-hybridized carbons (Fsp3) is 0.421. The summed E-state index contributed by atoms with van der Waals surface area (Å²) in [5.74, 6) is 0.643. The van der Waals surface area contributed by atoms with Gasteiger partial charge < -0.3 is 14.4 Å². The number of hydrogen-bond donors (Lipinski definition) is 0. The Morgan fingerprint density at radius 2 is 2.24 bits per heavy atom. The number of aromatic nitrogens is 2. The molecule has 2 aromatic heterocycles. The van der Waals surface area contributed by atoms with Gasteiger partial charge in [0.05, 0.1) is 18.8 Å². The van der Waals surface area contributed by atoms with Crippen LogP contribution in [0.15, 0.2) is 42.7 Å². The van der Waals surface area contributed by atoms with Crippen LogP contribution in [0.2, 0.25) is 0 Å². The number of hydrogen-bond acceptors (Lipinski definition) is 5. The number of carbonyl (C=O) groups excluding carboxylic acids is 1. The quantitative estimate of drug-likeness (QED) is 0.858. The molecule has 0 radical (unpaired) electrons. The molecule has 0 saturated carbocycles. The Bertz CT molecular complexity index is 753. The van der Waals surface area contributed by atoms with Crippen LogP contribution in [0.1, 0.15) is 29.0 Å². The lowest BCUT2D eigenvalue weighted by Crippen LogP contribution is -2.44. The van der Waals surface area contributed by atoms with Crippen molar-refractivity contribution in [3.05, 3.63) is 54.1 Å². The van der Waals surface area contributed by atoms with Crippen LogP contribution in [0.5, 0.6) is 5.75 Å². The molecule has 4 rings (SSSR count). The molecule has 0 bridgehead atoms. The number of carbonyl (C=O) groups is 1. The van der Waals surface area contributed by atoms with Crippen LogP contribution in [0, 0.1) is 6.92 Å². The van der Waals surface area contributed by atoms with E-state index in [-0.39, 0.29) is 24.2 Å². The van der Waals surface area contributed by atoms with Gasteiger partial charge in [0.15, 0.2) is 0 Å². The number of pyridine rings is 2. The van der Waals surface area contributed by atoms with Gasteiger partial charge in [-0.1, -0.05) is 6.07 Å². The van der Waals surface area contributed by atoms with Crippen LogP contribution in [0.4, 0.5) is 0 Å². The zero-order chi connectivity index (χ0) is 17.2. The van der Waals surface area contributed by atoms with E-state index in [1.165, 1.54) is 0 Å². The van der Waals surface area contributed by atoms with Crippen molar-refractivity contribution in [1.29, 1.82) is 0 Å². The van der Waals surface area contributed by atoms with E-state index in [1.54, 1.807) is 18.5 Å². The summed E-state index contributed by atoms with van der Waals surface area (Å²) in [5, 5.41) is 0. The van der Waals surface area contributed by atoms with Gasteiger partial charge >= 0.3 is 0 Å². The maximum atomic E-state index is 13.0. The van der Waals surface area contributed by atoms with Crippen LogP contribution in [-0.2, 0) is 4.74 Å². The number of nitrogens with zero attached hydrogens (tertiary/aromatic N) is 3. The molecule has 0 unspecified atom stereocenters. The van der Waals surface area contributed by atoms with Gasteiger partial charge in [-0.15, -0.1) is 0 Å². The molecular formula is C19H21N3O3. The third kappa shape index (κ3) is 3.22. The molecule has 1 amide bonds. The maximum Gasteiger partial charge on any atom is 0.272 e. The minimum Gasteiger partial charge on any atom is -0.484 e. The highest BCUT2D eigenvalue weighted by Crippen LogP contribution is 2.32. The second kappa shape index (κ2) is 6.80. The molecule has 2 aliphatic heterocycles. The lowest BCUT2D eigenvalue weighted by molar-refractivity contribution is -0.0447. The Kier molecular flexibility index (Phi) is 4.36. The summed E-state index contributed by atoms with van der Waals surface area (Å²) >= 11 is 0. The maximum absolute atomic E-state index is 13.0. The van der Waals surface area contributed by atoms with E-state index in [0.717, 1.165) is 18.5 Å². The molecule has 4 heterocycles. The molecule has 0 aliphatic carbocycles. The zero-order valence-electron chi connectivity index (χ0n) is 14.2. The first-order valence-electron chi connectivity index (χ1n) is 8.65. The number of amides is 1. The van der Waals surface area contributed by atoms with E-state index in [1.807, 2.05) is 36.1 Å². The minimum atomic E-state index is -0.191. The highest BCUT2D eigenvalue weighted by atomic mass is 16.5. The molecule has 130 valence electrons. The minimum absolute atomic E-state index is 0.0326. The number of fused-ring (bicyclic) bond motifs is 1. The van der Waals surface area contributed by atoms with Crippen molar-refractivity contribution < 1.29 is 14.3 Å². The Balaban J connectivity index is 1.57. The highest BCUT2D eigenvalue weighted by Gasteiger charge is 2.47. The van der Waals surface area contributed by atoms with E-state index in [2.05, 4.69) is 9.97 Å². The summed E-state index contributed by atoms with van der Waals surface area (Å²) in [5.41, 5.74) is 1.32. The third-order valence-electron chi connectivity index (χ3n) is 4.77. The molecule has 0 aromatic carbocycles. The van der Waals surface area contributed by atoms with Gasteiger partial charge in [0, 0.05) is 18.5 Å². The van der Waals surface area contributed by atoms with Crippen molar-refractivity contribution >= 4 is 5.91 Å². The predicted octanol–water partition coefficient (Wildman–Crippen LogP) is 2.24. The first kappa shape index (κ1) is 16.0. The molecule has 2 aromatic rings. The Morgan fingerprint density at radius 1 is 1.32 bits per heavy atom. The van der Waals surface area contributed by atoms with Gasteiger partial charge in [0.2, 0.25) is 0 Å². The largest absolute Gasteiger partial charge is 0.484 e. The molecule has 6 heteroatoms. The first-order valence-corrected chi connectivity index (χ1v) is 8.65. The van der Waals surface area contributed by atoms with E-state index in [9.17, 15) is 4.79 Å². The average molecular weight is 339 g/mol. The lowest BCUT2D eigenvalue weighted by Gasteiger charge is -2.31. The second-order valence-electron chi connectivity index (χ2n) is 6.51. The smallest absolute Gasteiger partial charge is 0.272 e. The summed E-state index contributed by atoms with van der Waals surface area (Å²) in [6.45, 7) is 3.10. The fourth-order valence-corrected chi connectivity index (χ4v) is 3.65. The van der Waals surface area contributed by atoms with Crippen molar-refractivity contribution in [1.82, 2.24) is 14.9 Å². The second-order valence-corrected chi connectivity index (χ2v) is 6.51. The number of ether oxygens (including phenoxy) is 2. The first-order chi connectivity index (χ1) is 12.2. The molecule has 25 heavy (non-hydrogen) atoms. The Morgan fingerprint density at radius 3 is 3.04 bits per heavy atom. The SMILES string of the molecule is Cc1cccc(C(=O)N2C[C@H](Oc3cccnc3)[C@H]3OCCC[C@H]32)n1. The summed E-state index contributed by atoms with van der Waals surface area (Å²) in [6.07, 6.45) is 4.97. The normalized spacial score (nSPS) is 25.5. The highest BCUT2D eigenvalue weighted by molar-refractivity contribution is 5.93. The molecule has 2 aliphatic rings. The monoisotopic (exact) mass is 339 g/mol. The molecule has 6 nitrogen and oxygen atoms in total. The number of aryl methyl sites for hydroxylation is 1. The summed E-state index contributed by atoms with van der Waals surface area (Å²) in [6, 6.07) is 9.26. The predicted molar refractivity (Wildman–Crippen MR) is 91.4 cm³/mol. The molecule has 2 fully saturated rings. The van der Waals surface area contributed by atoms with Crippen LogP contribution in [0.25, 0.3) is 0 Å². The van der Waals surface area contributed by atoms with Gasteiger partial charge in [-0.3, -0.25) is 9.78 Å². The van der Waals surface area contributed by atoms with Crippen LogP contribution < -0.4 is 4.74 Å². The van der Waals surface area contributed by atoms with E-state index in [0.29, 0.717) is 24.6 Å². The molecule has 3 atom stereocenters. The van der Waals surface area contributed by atoms with Crippen molar-refractivity contribution in [2.45, 2.75) is 38.0 Å². The topological polar surface area (TPSA) is 64.6 Å². The standard InChI is InChI=1S/C19H21N3O3/c1-13-5-2-7-15(21-13)19(23)22-12-17(18-16(22)8-4-10-24-18)25-14-6-3-9-20-11-14/h2-3,5-7,9,11,16-18H,4,8,10,12H2,1H3/t16-,17+,18+/m1/s1. The van der Waals surface area contributed by atoms with Crippen LogP contribution >= 0.6 is 0 Å². The third-order valence-corrected chi connectivity index (χ3v) is 4.77. The summed E-state index contributed by atoms with van der Waals surface area (Å²) in [7, 11) is 0. The van der Waals surface area contributed by atoms with E-state index >= 15 is 0 Å². The Labute approximate surface area is 146 Å². The van der Waals surface area contributed by atoms with Gasteiger partial charge in [0.1, 0.15) is 23.7 Å². The van der Waals surface area contributed by atoms with Crippen molar-refractivity contribution in [2.24, 2.45) is 0 Å². The summed E-state index contributed by atoms with van der Waals surface area (Å²) < 4.78 is 12.1. The molecule has 0 N–H and O–H groups in total. The van der Waals surface area contributed by atoms with Crippen LogP contribution in [0.3, 0.4) is 0 Å². The lowest BCUT2D eigenvalue weighted by atomic mass is 10.0. The van der Waals surface area contributed by atoms with Crippen molar-refractivity contribution in [3.63, 3.8) is 0 Å². The van der Waals surface area contributed by atoms with Crippen molar-refractivity contribution in [3.8, 4) is 5.75 Å². The van der Waals surface area contributed by atoms with Crippen molar-refractivity contribution in [2.75, 3.05) is 13.2 Å². The van der Waals surface area contributed by atoms with E-state index < -0.39 is 0 Å². The summed E-state index contributed by atoms with van der Waals surface area (Å²) in [4.78, 5) is 23.3. The Hall–Kier alpha value is -2.47. The van der Waals surface area contributed by atoms with Gasteiger partial charge in [-0.2, -0.15) is 0 Å².